The summed E-state index contributed by atoms with van der Waals surface area (Å²) in [6.07, 6.45) is 0.160. The van der Waals surface area contributed by atoms with Gasteiger partial charge in [0.1, 0.15) is 5.75 Å². The van der Waals surface area contributed by atoms with Crippen LogP contribution in [0, 0.1) is 0 Å². The first-order chi connectivity index (χ1) is 7.62. The Labute approximate surface area is 93.5 Å². The van der Waals surface area contributed by atoms with Crippen LogP contribution < -0.4 is 0 Å². The Balaban J connectivity index is 2.33. The van der Waals surface area contributed by atoms with Gasteiger partial charge >= 0.3 is 5.97 Å². The molecule has 0 radical (unpaired) electrons. The van der Waals surface area contributed by atoms with Gasteiger partial charge in [-0.2, -0.15) is 0 Å². The number of esters is 1. The van der Waals surface area contributed by atoms with Crippen LogP contribution in [-0.4, -0.2) is 29.4 Å². The number of methoxy groups -OCH3 is 1. The number of para-hydroxylation sites is 1. The summed E-state index contributed by atoms with van der Waals surface area (Å²) in [7, 11) is 1.24. The van der Waals surface area contributed by atoms with Gasteiger partial charge in [0.25, 0.3) is 0 Å². The molecule has 0 bridgehead atoms. The number of aliphatic hydroxyl groups is 1. The number of benzene rings is 1. The van der Waals surface area contributed by atoms with E-state index in [2.05, 4.69) is 4.74 Å². The summed E-state index contributed by atoms with van der Waals surface area (Å²) < 4.78 is 4.53. The van der Waals surface area contributed by atoms with E-state index in [1.54, 1.807) is 24.3 Å². The molecule has 1 saturated carbocycles. The fourth-order valence-electron chi connectivity index (χ4n) is 2.06. The van der Waals surface area contributed by atoms with Crippen LogP contribution in [0.5, 0.6) is 5.75 Å². The van der Waals surface area contributed by atoms with E-state index in [4.69, 9.17) is 0 Å². The Hall–Kier alpha value is -1.55. The molecule has 0 amide bonds. The van der Waals surface area contributed by atoms with Crippen molar-refractivity contribution in [3.63, 3.8) is 0 Å². The highest BCUT2D eigenvalue weighted by molar-refractivity contribution is 5.78. The minimum Gasteiger partial charge on any atom is -0.508 e. The van der Waals surface area contributed by atoms with Gasteiger partial charge < -0.3 is 14.9 Å². The molecule has 2 rings (SSSR count). The molecule has 1 atom stereocenters. The van der Waals surface area contributed by atoms with E-state index in [9.17, 15) is 15.0 Å². The molecule has 0 aliphatic heterocycles. The number of carbonyl (C=O) groups excluding carboxylic acids is 1. The van der Waals surface area contributed by atoms with E-state index >= 15 is 0 Å². The van der Waals surface area contributed by atoms with Gasteiger partial charge in [-0.3, -0.25) is 0 Å². The number of hydrogen-bond acceptors (Lipinski definition) is 4. The van der Waals surface area contributed by atoms with Crippen molar-refractivity contribution in [2.75, 3.05) is 7.11 Å². The molecule has 1 unspecified atom stereocenters. The lowest BCUT2D eigenvalue weighted by molar-refractivity contribution is -0.152. The van der Waals surface area contributed by atoms with E-state index in [0.717, 1.165) is 0 Å². The lowest BCUT2D eigenvalue weighted by atomic mass is 9.89. The maximum atomic E-state index is 11.3. The van der Waals surface area contributed by atoms with Crippen molar-refractivity contribution in [3.8, 4) is 5.75 Å². The number of aliphatic hydroxyl groups excluding tert-OH is 1. The summed E-state index contributed by atoms with van der Waals surface area (Å²) in [5, 5.41) is 19.6. The minimum atomic E-state index is -1.20. The van der Waals surface area contributed by atoms with Crippen LogP contribution in [0.25, 0.3) is 0 Å². The molecule has 86 valence electrons. The lowest BCUT2D eigenvalue weighted by Crippen LogP contribution is -2.35. The molecule has 2 N–H and O–H groups in total. The van der Waals surface area contributed by atoms with Gasteiger partial charge in [0, 0.05) is 11.0 Å². The molecule has 4 heteroatoms. The molecule has 0 saturated heterocycles. The number of ether oxygens (including phenoxy) is 1. The third kappa shape index (κ3) is 1.55. The first-order valence-electron chi connectivity index (χ1n) is 5.16. The Bertz CT molecular complexity index is 409. The summed E-state index contributed by atoms with van der Waals surface area (Å²) in [6.45, 7) is 0. The number of hydrogen-bond donors (Lipinski definition) is 2. The molecule has 1 aliphatic carbocycles. The fraction of sp³-hybridized carbons (Fsp3) is 0.417. The Morgan fingerprint density at radius 2 is 2.06 bits per heavy atom. The summed E-state index contributed by atoms with van der Waals surface area (Å²) >= 11 is 0. The molecule has 4 nitrogen and oxygen atoms in total. The highest BCUT2D eigenvalue weighted by Crippen LogP contribution is 2.53. The van der Waals surface area contributed by atoms with Crippen molar-refractivity contribution in [3.05, 3.63) is 29.8 Å². The third-order valence-corrected chi connectivity index (χ3v) is 3.18. The van der Waals surface area contributed by atoms with Crippen LogP contribution in [0.1, 0.15) is 18.4 Å². The molecule has 0 heterocycles. The zero-order chi connectivity index (χ0) is 11.8. The van der Waals surface area contributed by atoms with Crippen LogP contribution in [0.4, 0.5) is 0 Å². The van der Waals surface area contributed by atoms with Crippen LogP contribution in [0.2, 0.25) is 0 Å². The van der Waals surface area contributed by atoms with Gasteiger partial charge in [0.15, 0.2) is 6.10 Å². The second-order valence-corrected chi connectivity index (χ2v) is 4.10. The average Bonchev–Trinajstić information content (AvgIpc) is 3.09. The van der Waals surface area contributed by atoms with Gasteiger partial charge in [-0.15, -0.1) is 0 Å². The highest BCUT2D eigenvalue weighted by atomic mass is 16.5. The molecule has 0 spiro atoms. The lowest BCUT2D eigenvalue weighted by Gasteiger charge is -2.21. The first kappa shape index (κ1) is 11.0. The predicted octanol–water partition coefficient (Wildman–Crippen LogP) is 0.958. The van der Waals surface area contributed by atoms with E-state index in [0.29, 0.717) is 18.4 Å². The largest absolute Gasteiger partial charge is 0.508 e. The molecule has 0 aromatic heterocycles. The highest BCUT2D eigenvalue weighted by Gasteiger charge is 2.55. The van der Waals surface area contributed by atoms with E-state index in [-0.39, 0.29) is 5.75 Å². The normalized spacial score (nSPS) is 18.9. The predicted molar refractivity (Wildman–Crippen MR) is 57.0 cm³/mol. The van der Waals surface area contributed by atoms with Crippen LogP contribution in [0.3, 0.4) is 0 Å². The SMILES string of the molecule is COC(=O)C(O)C1(c2ccccc2O)CC1. The van der Waals surface area contributed by atoms with Crippen molar-refractivity contribution in [1.82, 2.24) is 0 Å². The summed E-state index contributed by atoms with van der Waals surface area (Å²) in [5.74, 6) is -0.538. The molecule has 1 aliphatic rings. The fourth-order valence-corrected chi connectivity index (χ4v) is 2.06. The third-order valence-electron chi connectivity index (χ3n) is 3.18. The van der Waals surface area contributed by atoms with Gasteiger partial charge in [0.05, 0.1) is 7.11 Å². The monoisotopic (exact) mass is 222 g/mol. The smallest absolute Gasteiger partial charge is 0.335 e. The maximum absolute atomic E-state index is 11.3. The van der Waals surface area contributed by atoms with Gasteiger partial charge in [-0.25, -0.2) is 4.79 Å². The zero-order valence-electron chi connectivity index (χ0n) is 9.01. The number of rotatable bonds is 3. The van der Waals surface area contributed by atoms with Crippen LogP contribution >= 0.6 is 0 Å². The molecule has 1 aromatic carbocycles. The Morgan fingerprint density at radius 3 is 2.56 bits per heavy atom. The number of carbonyl (C=O) groups is 1. The zero-order valence-corrected chi connectivity index (χ0v) is 9.01. The molecule has 16 heavy (non-hydrogen) atoms. The topological polar surface area (TPSA) is 66.8 Å². The Kier molecular flexibility index (Phi) is 2.59. The van der Waals surface area contributed by atoms with Gasteiger partial charge in [-0.1, -0.05) is 18.2 Å². The van der Waals surface area contributed by atoms with E-state index in [1.807, 2.05) is 0 Å². The summed E-state index contributed by atoms with van der Waals surface area (Å²) in [6, 6.07) is 6.77. The van der Waals surface area contributed by atoms with Gasteiger partial charge in [-0.05, 0) is 18.9 Å². The summed E-state index contributed by atoms with van der Waals surface area (Å²) in [5.41, 5.74) is -0.0359. The molecular weight excluding hydrogens is 208 g/mol. The molecule has 1 aromatic rings. The average molecular weight is 222 g/mol. The minimum absolute atomic E-state index is 0.114. The van der Waals surface area contributed by atoms with Crippen molar-refractivity contribution in [2.24, 2.45) is 0 Å². The van der Waals surface area contributed by atoms with Crippen molar-refractivity contribution < 1.29 is 19.7 Å². The van der Waals surface area contributed by atoms with Gasteiger partial charge in [0.2, 0.25) is 0 Å². The standard InChI is InChI=1S/C12H14O4/c1-16-11(15)10(14)12(6-7-12)8-4-2-3-5-9(8)13/h2-5,10,13-14H,6-7H2,1H3. The number of phenolic OH excluding ortho intramolecular Hbond substituents is 1. The van der Waals surface area contributed by atoms with Crippen LogP contribution in [-0.2, 0) is 14.9 Å². The Morgan fingerprint density at radius 1 is 1.44 bits per heavy atom. The van der Waals surface area contributed by atoms with Crippen molar-refractivity contribution >= 4 is 5.97 Å². The second kappa shape index (κ2) is 3.79. The quantitative estimate of drug-likeness (QED) is 0.747. The summed E-state index contributed by atoms with van der Waals surface area (Å²) in [4.78, 5) is 11.3. The van der Waals surface area contributed by atoms with Crippen LogP contribution in [0.15, 0.2) is 24.3 Å². The molecular formula is C12H14O4. The number of aromatic hydroxyl groups is 1. The van der Waals surface area contributed by atoms with Crippen molar-refractivity contribution in [2.45, 2.75) is 24.4 Å². The van der Waals surface area contributed by atoms with E-state index < -0.39 is 17.5 Å². The van der Waals surface area contributed by atoms with Crippen molar-refractivity contribution in [1.29, 1.82) is 0 Å². The second-order valence-electron chi connectivity index (χ2n) is 4.10. The maximum Gasteiger partial charge on any atom is 0.335 e. The number of phenols is 1. The first-order valence-corrected chi connectivity index (χ1v) is 5.16. The molecule has 1 fully saturated rings. The van der Waals surface area contributed by atoms with E-state index in [1.165, 1.54) is 7.11 Å².